The quantitative estimate of drug-likeness (QED) is 0.544. The lowest BCUT2D eigenvalue weighted by Gasteiger charge is -2.10. The van der Waals surface area contributed by atoms with E-state index < -0.39 is 5.91 Å². The van der Waals surface area contributed by atoms with Crippen molar-refractivity contribution in [2.45, 2.75) is 13.3 Å². The van der Waals surface area contributed by atoms with Crippen molar-refractivity contribution >= 4 is 52.2 Å². The molecule has 0 spiro atoms. The molecular weight excluding hydrogens is 373 g/mol. The Morgan fingerprint density at radius 1 is 1.00 bits per heavy atom. The molecule has 1 amide bonds. The van der Waals surface area contributed by atoms with Gasteiger partial charge in [-0.3, -0.25) is 9.59 Å². The number of nitrogens with one attached hydrogen (secondary N) is 1. The predicted molar refractivity (Wildman–Crippen MR) is 96.7 cm³/mol. The van der Waals surface area contributed by atoms with Gasteiger partial charge in [-0.1, -0.05) is 41.7 Å². The molecule has 0 aliphatic heterocycles. The molecule has 0 bridgehead atoms. The number of anilines is 1. The summed E-state index contributed by atoms with van der Waals surface area (Å²) in [5, 5.41) is 3.46. The van der Waals surface area contributed by atoms with Gasteiger partial charge in [-0.2, -0.15) is 0 Å². The Hall–Kier alpha value is -1.75. The van der Waals surface area contributed by atoms with Gasteiger partial charge in [0.2, 0.25) is 0 Å². The lowest BCUT2D eigenvalue weighted by atomic mass is 10.1. The van der Waals surface area contributed by atoms with Gasteiger partial charge in [0.1, 0.15) is 5.75 Å². The zero-order chi connectivity index (χ0) is 17.7. The first-order chi connectivity index (χ1) is 11.4. The topological polar surface area (TPSA) is 55.4 Å². The van der Waals surface area contributed by atoms with Crippen LogP contribution in [0, 0.1) is 0 Å². The maximum atomic E-state index is 11.9. The number of benzene rings is 2. The number of carbonyl (C=O) groups excluding carboxylic acids is 2. The molecule has 0 heterocycles. The summed E-state index contributed by atoms with van der Waals surface area (Å²) >= 11 is 17.7. The molecule has 0 fully saturated rings. The molecular formula is C17H14Cl3NO3. The molecule has 0 aliphatic carbocycles. The number of ether oxygens (including phenoxy) is 1. The average Bonchev–Trinajstić information content (AvgIpc) is 2.57. The van der Waals surface area contributed by atoms with Crippen LogP contribution in [0.5, 0.6) is 5.75 Å². The SMILES string of the molecule is CCC(=O)c1ccc(OCC(=O)Nc2cc(Cl)c(Cl)cc2Cl)cc1. The van der Waals surface area contributed by atoms with Crippen LogP contribution in [-0.2, 0) is 4.79 Å². The molecule has 0 atom stereocenters. The lowest BCUT2D eigenvalue weighted by Crippen LogP contribution is -2.20. The highest BCUT2D eigenvalue weighted by molar-refractivity contribution is 6.44. The van der Waals surface area contributed by atoms with Crippen LogP contribution in [-0.4, -0.2) is 18.3 Å². The first-order valence-electron chi connectivity index (χ1n) is 7.11. The standard InChI is InChI=1S/C17H14Cl3NO3/c1-2-16(22)10-3-5-11(6-4-10)24-9-17(23)21-15-8-13(19)12(18)7-14(15)20/h3-8H,2,9H2,1H3,(H,21,23). The highest BCUT2D eigenvalue weighted by Crippen LogP contribution is 2.32. The number of rotatable bonds is 6. The van der Waals surface area contributed by atoms with Gasteiger partial charge in [-0.05, 0) is 36.4 Å². The molecule has 7 heteroatoms. The molecule has 126 valence electrons. The van der Waals surface area contributed by atoms with Gasteiger partial charge in [0, 0.05) is 12.0 Å². The molecule has 0 unspecified atom stereocenters. The van der Waals surface area contributed by atoms with E-state index in [9.17, 15) is 9.59 Å². The maximum Gasteiger partial charge on any atom is 0.262 e. The fourth-order valence-electron chi connectivity index (χ4n) is 1.89. The maximum absolute atomic E-state index is 11.9. The molecule has 24 heavy (non-hydrogen) atoms. The third-order valence-electron chi connectivity index (χ3n) is 3.15. The van der Waals surface area contributed by atoms with E-state index in [-0.39, 0.29) is 22.4 Å². The van der Waals surface area contributed by atoms with Crippen molar-refractivity contribution in [3.05, 3.63) is 57.0 Å². The number of ketones is 1. The summed E-state index contributed by atoms with van der Waals surface area (Å²) in [6.07, 6.45) is 0.438. The minimum atomic E-state index is -0.399. The van der Waals surface area contributed by atoms with Gasteiger partial charge in [0.25, 0.3) is 5.91 Å². The fourth-order valence-corrected chi connectivity index (χ4v) is 2.49. The molecule has 2 aromatic rings. The van der Waals surface area contributed by atoms with Crippen LogP contribution in [0.1, 0.15) is 23.7 Å². The fraction of sp³-hybridized carbons (Fsp3) is 0.176. The van der Waals surface area contributed by atoms with Crippen LogP contribution in [0.15, 0.2) is 36.4 Å². The summed E-state index contributed by atoms with van der Waals surface area (Å²) in [5.74, 6) is 0.135. The Morgan fingerprint density at radius 2 is 1.62 bits per heavy atom. The summed E-state index contributed by atoms with van der Waals surface area (Å²) in [6.45, 7) is 1.59. The molecule has 2 rings (SSSR count). The largest absolute Gasteiger partial charge is 0.484 e. The van der Waals surface area contributed by atoms with Crippen LogP contribution in [0.2, 0.25) is 15.1 Å². The van der Waals surface area contributed by atoms with E-state index in [2.05, 4.69) is 5.32 Å². The van der Waals surface area contributed by atoms with E-state index in [0.717, 1.165) is 0 Å². The zero-order valence-electron chi connectivity index (χ0n) is 12.7. The van der Waals surface area contributed by atoms with Crippen LogP contribution < -0.4 is 10.1 Å². The second kappa shape index (κ2) is 8.38. The van der Waals surface area contributed by atoms with Gasteiger partial charge in [-0.15, -0.1) is 0 Å². The van der Waals surface area contributed by atoms with E-state index in [1.165, 1.54) is 12.1 Å². The summed E-state index contributed by atoms with van der Waals surface area (Å²) in [5.41, 5.74) is 0.959. The Morgan fingerprint density at radius 3 is 2.25 bits per heavy atom. The second-order valence-corrected chi connectivity index (χ2v) is 6.11. The number of amides is 1. The molecule has 2 aromatic carbocycles. The molecule has 0 saturated heterocycles. The van der Waals surface area contributed by atoms with Crippen LogP contribution in [0.4, 0.5) is 5.69 Å². The summed E-state index contributed by atoms with van der Waals surface area (Å²) in [7, 11) is 0. The van der Waals surface area contributed by atoms with Crippen molar-refractivity contribution in [1.82, 2.24) is 0 Å². The molecule has 0 aliphatic rings. The van der Waals surface area contributed by atoms with E-state index in [0.29, 0.717) is 28.4 Å². The Bertz CT molecular complexity index is 760. The second-order valence-electron chi connectivity index (χ2n) is 4.88. The Kier molecular flexibility index (Phi) is 6.49. The van der Waals surface area contributed by atoms with Crippen LogP contribution in [0.25, 0.3) is 0 Å². The molecule has 0 radical (unpaired) electrons. The molecule has 1 N–H and O–H groups in total. The average molecular weight is 387 g/mol. The van der Waals surface area contributed by atoms with Gasteiger partial charge in [-0.25, -0.2) is 0 Å². The van der Waals surface area contributed by atoms with Crippen molar-refractivity contribution in [3.8, 4) is 5.75 Å². The first-order valence-corrected chi connectivity index (χ1v) is 8.24. The smallest absolute Gasteiger partial charge is 0.262 e. The number of Topliss-reactive ketones (excluding diaryl/α,β-unsaturated/α-hetero) is 1. The number of carbonyl (C=O) groups is 2. The molecule has 4 nitrogen and oxygen atoms in total. The number of hydrogen-bond acceptors (Lipinski definition) is 3. The minimum Gasteiger partial charge on any atom is -0.484 e. The normalized spacial score (nSPS) is 10.3. The Balaban J connectivity index is 1.94. The van der Waals surface area contributed by atoms with E-state index in [4.69, 9.17) is 39.5 Å². The van der Waals surface area contributed by atoms with Gasteiger partial charge in [0.15, 0.2) is 12.4 Å². The van der Waals surface area contributed by atoms with E-state index in [1.807, 2.05) is 0 Å². The minimum absolute atomic E-state index is 0.0496. The summed E-state index contributed by atoms with van der Waals surface area (Å²) < 4.78 is 5.38. The van der Waals surface area contributed by atoms with Crippen molar-refractivity contribution in [2.24, 2.45) is 0 Å². The van der Waals surface area contributed by atoms with Crippen molar-refractivity contribution in [1.29, 1.82) is 0 Å². The van der Waals surface area contributed by atoms with Gasteiger partial charge < -0.3 is 10.1 Å². The molecule has 0 saturated carbocycles. The highest BCUT2D eigenvalue weighted by atomic mass is 35.5. The van der Waals surface area contributed by atoms with Crippen molar-refractivity contribution < 1.29 is 14.3 Å². The van der Waals surface area contributed by atoms with Gasteiger partial charge in [0.05, 0.1) is 20.8 Å². The summed E-state index contributed by atoms with van der Waals surface area (Å²) in [4.78, 5) is 23.5. The summed E-state index contributed by atoms with van der Waals surface area (Å²) in [6, 6.07) is 9.52. The van der Waals surface area contributed by atoms with Crippen molar-refractivity contribution in [3.63, 3.8) is 0 Å². The van der Waals surface area contributed by atoms with E-state index in [1.54, 1.807) is 31.2 Å². The third-order valence-corrected chi connectivity index (χ3v) is 4.19. The zero-order valence-corrected chi connectivity index (χ0v) is 15.0. The van der Waals surface area contributed by atoms with Gasteiger partial charge >= 0.3 is 0 Å². The monoisotopic (exact) mass is 385 g/mol. The number of hydrogen-bond donors (Lipinski definition) is 1. The lowest BCUT2D eigenvalue weighted by molar-refractivity contribution is -0.118. The molecule has 0 aromatic heterocycles. The predicted octanol–water partition coefficient (Wildman–Crippen LogP) is 5.26. The highest BCUT2D eigenvalue weighted by Gasteiger charge is 2.10. The van der Waals surface area contributed by atoms with Crippen molar-refractivity contribution in [2.75, 3.05) is 11.9 Å². The first kappa shape index (κ1) is 18.6. The number of halogens is 3. The Labute approximate surface area is 154 Å². The van der Waals surface area contributed by atoms with Crippen LogP contribution >= 0.6 is 34.8 Å². The third kappa shape index (κ3) is 4.87. The van der Waals surface area contributed by atoms with E-state index >= 15 is 0 Å². The van der Waals surface area contributed by atoms with Crippen LogP contribution in [0.3, 0.4) is 0 Å².